The van der Waals surface area contributed by atoms with E-state index in [0.717, 1.165) is 109 Å². The summed E-state index contributed by atoms with van der Waals surface area (Å²) < 4.78 is 34.4. The van der Waals surface area contributed by atoms with Crippen molar-refractivity contribution in [1.82, 2.24) is 44.9 Å². The average Bonchev–Trinajstić information content (AvgIpc) is 0.828. The van der Waals surface area contributed by atoms with E-state index in [0.29, 0.717) is 64.5 Å². The van der Waals surface area contributed by atoms with Crippen LogP contribution in [0.4, 0.5) is 28.4 Å². The summed E-state index contributed by atoms with van der Waals surface area (Å²) >= 11 is 0. The highest BCUT2D eigenvalue weighted by molar-refractivity contribution is 5.69. The number of ether oxygens (including phenoxy) is 6. The van der Waals surface area contributed by atoms with E-state index in [9.17, 15) is 0 Å². The molecule has 0 amide bonds. The van der Waals surface area contributed by atoms with Crippen LogP contribution in [0, 0.1) is 0 Å². The highest BCUT2D eigenvalue weighted by Gasteiger charge is 2.12. The molecule has 0 aliphatic rings. The van der Waals surface area contributed by atoms with Gasteiger partial charge in [0.05, 0.1) is 71.7 Å². The van der Waals surface area contributed by atoms with Crippen LogP contribution in [0.25, 0.3) is 55.9 Å². The quantitative estimate of drug-likeness (QED) is 0.0443. The van der Waals surface area contributed by atoms with Crippen LogP contribution in [0.2, 0.25) is 0 Å². The van der Waals surface area contributed by atoms with Gasteiger partial charge in [0, 0.05) is 90.7 Å². The average molecular weight is 1460 g/mol. The molecule has 7 aromatic carbocycles. The molecule has 0 saturated carbocycles. The van der Waals surface area contributed by atoms with Crippen molar-refractivity contribution >= 4 is 28.4 Å². The van der Waals surface area contributed by atoms with E-state index in [1.165, 1.54) is 5.56 Å². The van der Waals surface area contributed by atoms with Crippen LogP contribution in [0.15, 0.2) is 359 Å². The smallest absolute Gasteiger partial charge is 0.219 e. The molecule has 16 aromatic rings. The van der Waals surface area contributed by atoms with Gasteiger partial charge in [0.15, 0.2) is 0 Å². The number of nitrogens with zero attached hydrogens (tertiary/aromatic N) is 9. The van der Waals surface area contributed by atoms with Crippen LogP contribution in [-0.4, -0.2) is 51.5 Å². The third kappa shape index (κ3) is 23.6. The lowest BCUT2D eigenvalue weighted by Crippen LogP contribution is -2.03. The second kappa shape index (κ2) is 39.2. The number of nitrogens with two attached hydrogens (primary N) is 5. The van der Waals surface area contributed by atoms with Gasteiger partial charge in [-0.05, 0) is 203 Å². The SMILES string of the molecule is CCc1ccc(Oc2ccc(-c3ccccc3)nc2)nc1.Nc1ccc(OCCc2cc(Oc3ccc(N)cn3)ccc2-c2ccccc2)cc1.Nc1ccc(Oc2ccc(-c3ccccn3)cc2)nc1.Nc1ccc(Oc2ccc(-c3cccnc3)cc2)nc1.Nc1ccc(Oc2ccc(-c3ccncc3)cc2)nc1. The summed E-state index contributed by atoms with van der Waals surface area (Å²) in [6, 6.07) is 92.6. The number of anilines is 5. The summed E-state index contributed by atoms with van der Waals surface area (Å²) in [6.45, 7) is 2.64. The van der Waals surface area contributed by atoms with E-state index >= 15 is 0 Å². The molecule has 111 heavy (non-hydrogen) atoms. The van der Waals surface area contributed by atoms with Crippen molar-refractivity contribution in [3.8, 4) is 120 Å². The Morgan fingerprint density at radius 3 is 1.15 bits per heavy atom. The molecular formula is C91H78N14O6. The predicted molar refractivity (Wildman–Crippen MR) is 439 cm³/mol. The van der Waals surface area contributed by atoms with Crippen LogP contribution >= 0.6 is 0 Å². The first-order valence-corrected chi connectivity index (χ1v) is 35.4. The lowest BCUT2D eigenvalue weighted by molar-refractivity contribution is 0.322. The molecular weight excluding hydrogens is 1390 g/mol. The van der Waals surface area contributed by atoms with E-state index in [1.807, 2.05) is 237 Å². The Hall–Kier alpha value is -15.3. The van der Waals surface area contributed by atoms with Crippen molar-refractivity contribution in [3.05, 3.63) is 370 Å². The third-order valence-electron chi connectivity index (χ3n) is 16.4. The molecule has 0 aliphatic carbocycles. The summed E-state index contributed by atoms with van der Waals surface area (Å²) in [5.74, 6) is 7.04. The molecule has 0 radical (unpaired) electrons. The molecule has 20 nitrogen and oxygen atoms in total. The maximum atomic E-state index is 5.92. The minimum atomic E-state index is 0.501. The lowest BCUT2D eigenvalue weighted by Gasteiger charge is -2.14. The summed E-state index contributed by atoms with van der Waals surface area (Å²) in [5.41, 5.74) is 44.4. The number of rotatable bonds is 20. The molecule has 0 atom stereocenters. The van der Waals surface area contributed by atoms with Gasteiger partial charge in [0.1, 0.15) is 34.5 Å². The van der Waals surface area contributed by atoms with Crippen molar-refractivity contribution in [2.75, 3.05) is 35.3 Å². The molecule has 548 valence electrons. The van der Waals surface area contributed by atoms with Crippen molar-refractivity contribution in [1.29, 1.82) is 0 Å². The van der Waals surface area contributed by atoms with Gasteiger partial charge in [0.25, 0.3) is 0 Å². The first-order valence-electron chi connectivity index (χ1n) is 35.4. The third-order valence-corrected chi connectivity index (χ3v) is 16.4. The number of nitrogen functional groups attached to an aromatic ring is 5. The van der Waals surface area contributed by atoms with Crippen LogP contribution in [0.5, 0.6) is 63.9 Å². The Kier molecular flexibility index (Phi) is 26.6. The Bertz CT molecular complexity index is 5110. The molecule has 16 rings (SSSR count). The van der Waals surface area contributed by atoms with Gasteiger partial charge in [-0.2, -0.15) is 0 Å². The van der Waals surface area contributed by atoms with E-state index in [1.54, 1.807) is 104 Å². The fourth-order valence-electron chi connectivity index (χ4n) is 10.6. The van der Waals surface area contributed by atoms with E-state index in [-0.39, 0.29) is 0 Å². The Morgan fingerprint density at radius 2 is 0.685 bits per heavy atom. The maximum absolute atomic E-state index is 5.92. The molecule has 0 spiro atoms. The summed E-state index contributed by atoms with van der Waals surface area (Å²) in [6.07, 6.45) is 20.5. The normalized spacial score (nSPS) is 10.3. The number of aryl methyl sites for hydroxylation is 1. The minimum absolute atomic E-state index is 0.501. The molecule has 0 fully saturated rings. The number of hydrogen-bond donors (Lipinski definition) is 5. The summed E-state index contributed by atoms with van der Waals surface area (Å²) in [7, 11) is 0. The molecule has 0 bridgehead atoms. The van der Waals surface area contributed by atoms with Crippen LogP contribution in [-0.2, 0) is 12.8 Å². The van der Waals surface area contributed by atoms with E-state index < -0.39 is 0 Å². The molecule has 0 aliphatic heterocycles. The Balaban J connectivity index is 0.000000130. The van der Waals surface area contributed by atoms with Gasteiger partial charge in [-0.15, -0.1) is 0 Å². The largest absolute Gasteiger partial charge is 0.493 e. The summed E-state index contributed by atoms with van der Waals surface area (Å²) in [5, 5.41) is 0. The Morgan fingerprint density at radius 1 is 0.261 bits per heavy atom. The Labute approximate surface area is 643 Å². The van der Waals surface area contributed by atoms with Crippen molar-refractivity contribution < 1.29 is 28.4 Å². The molecule has 0 saturated heterocycles. The van der Waals surface area contributed by atoms with Crippen molar-refractivity contribution in [2.45, 2.75) is 19.8 Å². The zero-order valence-electron chi connectivity index (χ0n) is 60.5. The van der Waals surface area contributed by atoms with Gasteiger partial charge in [-0.25, -0.2) is 24.9 Å². The first-order chi connectivity index (χ1) is 54.4. The minimum Gasteiger partial charge on any atom is -0.493 e. The van der Waals surface area contributed by atoms with Crippen LogP contribution in [0.1, 0.15) is 18.1 Å². The standard InChI is InChI=1S/C25H23N3O2.C18H16N2O.3C16H13N3O/c26-20-6-9-22(10-7-20)29-15-14-19-16-23(30-25-13-8-21(27)17-28-25)11-12-24(19)18-4-2-1-3-5-18;1-2-14-8-11-18(20-12-14)21-16-9-10-17(19-13-16)15-6-4-3-5-7-15;17-14-3-6-16(19-11-14)20-15-4-1-12(2-5-15)13-7-9-18-10-8-13;17-14-5-8-16(19-11-14)20-15-6-3-12(4-7-15)13-2-1-9-18-10-13;17-13-6-9-16(19-11-13)20-14-7-4-12(5-8-14)15-3-1-2-10-18-15/h1-13,16-17H,14-15,26-27H2;3-13H,2H2,1H3;3*1-11H,17H2. The van der Waals surface area contributed by atoms with Crippen molar-refractivity contribution in [2.24, 2.45) is 0 Å². The summed E-state index contributed by atoms with van der Waals surface area (Å²) in [4.78, 5) is 37.6. The van der Waals surface area contributed by atoms with Crippen LogP contribution < -0.4 is 57.1 Å². The van der Waals surface area contributed by atoms with Gasteiger partial charge in [0.2, 0.25) is 29.4 Å². The second-order valence-electron chi connectivity index (χ2n) is 24.5. The number of benzene rings is 7. The predicted octanol–water partition coefficient (Wildman–Crippen LogP) is 20.4. The van der Waals surface area contributed by atoms with Gasteiger partial charge >= 0.3 is 0 Å². The van der Waals surface area contributed by atoms with Gasteiger partial charge < -0.3 is 57.1 Å². The highest BCUT2D eigenvalue weighted by Crippen LogP contribution is 2.33. The fourth-order valence-corrected chi connectivity index (χ4v) is 10.6. The number of pyridine rings is 9. The second-order valence-corrected chi connectivity index (χ2v) is 24.5. The molecule has 10 N–H and O–H groups in total. The molecule has 9 aromatic heterocycles. The fraction of sp³-hybridized carbons (Fsp3) is 0.0440. The lowest BCUT2D eigenvalue weighted by atomic mass is 9.97. The topological polar surface area (TPSA) is 301 Å². The highest BCUT2D eigenvalue weighted by atomic mass is 16.5. The number of hydrogen-bond acceptors (Lipinski definition) is 20. The van der Waals surface area contributed by atoms with E-state index in [4.69, 9.17) is 57.1 Å². The zero-order chi connectivity index (χ0) is 76.6. The monoisotopic (exact) mass is 1460 g/mol. The van der Waals surface area contributed by atoms with Gasteiger partial charge in [-0.3, -0.25) is 19.9 Å². The zero-order valence-corrected chi connectivity index (χ0v) is 60.5. The maximum Gasteiger partial charge on any atom is 0.219 e. The van der Waals surface area contributed by atoms with Crippen molar-refractivity contribution in [3.63, 3.8) is 0 Å². The first kappa shape index (κ1) is 75.4. The van der Waals surface area contributed by atoms with Gasteiger partial charge in [-0.1, -0.05) is 116 Å². The molecule has 0 unspecified atom stereocenters. The number of aromatic nitrogens is 9. The van der Waals surface area contributed by atoms with Crippen LogP contribution in [0.3, 0.4) is 0 Å². The molecule has 9 heterocycles. The van der Waals surface area contributed by atoms with E-state index in [2.05, 4.69) is 70.0 Å². The molecule has 20 heteroatoms.